The summed E-state index contributed by atoms with van der Waals surface area (Å²) in [5.41, 5.74) is 12.5. The Balaban J connectivity index is 0.987. The molecule has 65 heavy (non-hydrogen) atoms. The molecule has 0 aliphatic heterocycles. The number of nitrogens with zero attached hydrogens (tertiary/aromatic N) is 3. The van der Waals surface area contributed by atoms with Gasteiger partial charge >= 0.3 is 5.97 Å². The molecule has 0 radical (unpaired) electrons. The number of fused-ring (bicyclic) bond motifs is 6. The van der Waals surface area contributed by atoms with E-state index in [1.807, 2.05) is 24.3 Å². The van der Waals surface area contributed by atoms with Crippen LogP contribution in [0.2, 0.25) is 0 Å². The molecular weight excluding hydrogens is 903 g/mol. The standard InChI is InChI=1S/C53H35N3O4S5/c1-29-5-16-40-41-17-14-36(22-43(41)53(3,4)42(40)19-29)56(34-10-6-31(7-11-34)44-18-15-38(61-44)23-37(27-55)60-28-57)35-12-8-32(9-13-35)49-30(2)20-45(64-49)46-25-48-51(65-46)50-47(63-48)24-39(62-50)21-33(26-54)52(58)59/h5-25,28H,1-4H3,(H,58,59)/b33-21+,37-23+. The highest BCUT2D eigenvalue weighted by molar-refractivity contribution is 7.40. The van der Waals surface area contributed by atoms with Crippen LogP contribution in [0.15, 0.2) is 127 Å². The zero-order chi connectivity index (χ0) is 45.1. The topological polar surface area (TPSA) is 114 Å². The van der Waals surface area contributed by atoms with E-state index in [0.717, 1.165) is 52.2 Å². The van der Waals surface area contributed by atoms with Crippen LogP contribution in [0.25, 0.3) is 72.7 Å². The number of benzene rings is 4. The molecular formula is C53H35N3O4S5. The highest BCUT2D eigenvalue weighted by Crippen LogP contribution is 2.52. The maximum absolute atomic E-state index is 11.4. The normalized spacial score (nSPS) is 13.1. The number of carbonyl (C=O) groups is 2. The van der Waals surface area contributed by atoms with Crippen molar-refractivity contribution in [2.75, 3.05) is 4.90 Å². The van der Waals surface area contributed by atoms with Gasteiger partial charge in [-0.05, 0) is 126 Å². The Morgan fingerprint density at radius 1 is 0.646 bits per heavy atom. The van der Waals surface area contributed by atoms with Gasteiger partial charge in [-0.3, -0.25) is 4.79 Å². The Hall–Kier alpha value is -6.90. The number of rotatable bonds is 11. The molecule has 12 heteroatoms. The van der Waals surface area contributed by atoms with Crippen LogP contribution < -0.4 is 4.90 Å². The van der Waals surface area contributed by atoms with E-state index >= 15 is 0 Å². The fourth-order valence-electron chi connectivity index (χ4n) is 8.54. The third-order valence-corrected chi connectivity index (χ3v) is 18.0. The lowest BCUT2D eigenvalue weighted by Crippen LogP contribution is -2.16. The van der Waals surface area contributed by atoms with Gasteiger partial charge in [-0.25, -0.2) is 4.79 Å². The number of hydrogen-bond donors (Lipinski definition) is 1. The third-order valence-electron chi connectivity index (χ3n) is 11.7. The number of carboxylic acid groups (broad SMARTS) is 1. The average molecular weight is 938 g/mol. The van der Waals surface area contributed by atoms with Crippen molar-refractivity contribution in [1.82, 2.24) is 0 Å². The van der Waals surface area contributed by atoms with E-state index in [-0.39, 0.29) is 23.2 Å². The molecule has 7 nitrogen and oxygen atoms in total. The molecule has 316 valence electrons. The van der Waals surface area contributed by atoms with Gasteiger partial charge in [-0.2, -0.15) is 10.5 Å². The molecule has 0 saturated carbocycles. The van der Waals surface area contributed by atoms with E-state index in [0.29, 0.717) is 0 Å². The number of hydrogen-bond acceptors (Lipinski definition) is 11. The van der Waals surface area contributed by atoms with Crippen molar-refractivity contribution in [2.24, 2.45) is 0 Å². The van der Waals surface area contributed by atoms with Crippen molar-refractivity contribution < 1.29 is 19.4 Å². The van der Waals surface area contributed by atoms with Gasteiger partial charge < -0.3 is 14.7 Å². The molecule has 0 unspecified atom stereocenters. The summed E-state index contributed by atoms with van der Waals surface area (Å²) in [5, 5.41) is 28.0. The number of ether oxygens (including phenoxy) is 1. The van der Waals surface area contributed by atoms with Crippen LogP contribution in [0.4, 0.5) is 17.1 Å². The van der Waals surface area contributed by atoms with Crippen LogP contribution in [0.5, 0.6) is 0 Å². The fourth-order valence-corrected chi connectivity index (χ4v) is 14.7. The molecule has 0 bridgehead atoms. The van der Waals surface area contributed by atoms with Crippen LogP contribution in [-0.2, 0) is 19.7 Å². The molecule has 1 aliphatic rings. The molecule has 0 saturated heterocycles. The number of allylic oxidation sites excluding steroid dienone is 1. The summed E-state index contributed by atoms with van der Waals surface area (Å²) in [6.07, 6.45) is 3.02. The second-order valence-corrected chi connectivity index (χ2v) is 21.6. The number of aryl methyl sites for hydroxylation is 2. The first-order valence-corrected chi connectivity index (χ1v) is 24.5. The molecule has 5 heterocycles. The highest BCUT2D eigenvalue weighted by Gasteiger charge is 2.36. The Morgan fingerprint density at radius 3 is 1.98 bits per heavy atom. The molecule has 0 amide bonds. The summed E-state index contributed by atoms with van der Waals surface area (Å²) in [6, 6.07) is 45.1. The minimum Gasteiger partial charge on any atom is -0.477 e. The molecule has 9 aromatic rings. The quantitative estimate of drug-likeness (QED) is 0.0594. The van der Waals surface area contributed by atoms with Crippen molar-refractivity contribution in [1.29, 1.82) is 10.5 Å². The summed E-state index contributed by atoms with van der Waals surface area (Å²) in [6.45, 7) is 9.21. The lowest BCUT2D eigenvalue weighted by atomic mass is 9.82. The van der Waals surface area contributed by atoms with Crippen LogP contribution in [0, 0.1) is 36.5 Å². The summed E-state index contributed by atoms with van der Waals surface area (Å²) >= 11 is 8.27. The Labute approximate surface area is 394 Å². The first-order chi connectivity index (χ1) is 31.4. The first-order valence-electron chi connectivity index (χ1n) is 20.4. The minimum atomic E-state index is -1.22. The van der Waals surface area contributed by atoms with Gasteiger partial charge in [0.05, 0.1) is 9.40 Å². The number of nitriles is 2. The van der Waals surface area contributed by atoms with Gasteiger partial charge in [0.2, 0.25) is 5.76 Å². The Kier molecular flexibility index (Phi) is 10.7. The summed E-state index contributed by atoms with van der Waals surface area (Å²) in [4.78, 5) is 30.8. The molecule has 4 aromatic carbocycles. The van der Waals surface area contributed by atoms with Gasteiger partial charge in [0.25, 0.3) is 6.47 Å². The van der Waals surface area contributed by atoms with Crippen LogP contribution in [0.3, 0.4) is 0 Å². The second kappa shape index (κ2) is 16.6. The zero-order valence-corrected chi connectivity index (χ0v) is 39.3. The molecule has 1 N–H and O–H groups in total. The highest BCUT2D eigenvalue weighted by atomic mass is 32.1. The summed E-state index contributed by atoms with van der Waals surface area (Å²) < 4.78 is 9.40. The number of anilines is 3. The Bertz CT molecular complexity index is 3540. The van der Waals surface area contributed by atoms with Crippen molar-refractivity contribution in [2.45, 2.75) is 33.1 Å². The minimum absolute atomic E-state index is 0.0546. The smallest absolute Gasteiger partial charge is 0.346 e. The van der Waals surface area contributed by atoms with E-state index in [1.165, 1.54) is 86.2 Å². The van der Waals surface area contributed by atoms with E-state index in [1.54, 1.807) is 46.2 Å². The van der Waals surface area contributed by atoms with Crippen molar-refractivity contribution in [3.05, 3.63) is 159 Å². The van der Waals surface area contributed by atoms with Crippen molar-refractivity contribution in [3.63, 3.8) is 0 Å². The zero-order valence-electron chi connectivity index (χ0n) is 35.3. The number of carbonyl (C=O) groups excluding carboxylic acids is 1. The van der Waals surface area contributed by atoms with Crippen molar-refractivity contribution in [3.8, 4) is 53.9 Å². The molecule has 1 aliphatic carbocycles. The van der Waals surface area contributed by atoms with E-state index in [9.17, 15) is 25.2 Å². The Morgan fingerprint density at radius 2 is 1.29 bits per heavy atom. The van der Waals surface area contributed by atoms with Gasteiger partial charge in [0.1, 0.15) is 17.7 Å². The van der Waals surface area contributed by atoms with Gasteiger partial charge in [0.15, 0.2) is 0 Å². The van der Waals surface area contributed by atoms with Gasteiger partial charge in [-0.1, -0.05) is 67.9 Å². The molecule has 0 atom stereocenters. The second-order valence-electron chi connectivity index (χ2n) is 16.2. The number of aliphatic carboxylic acids is 1. The lowest BCUT2D eigenvalue weighted by Gasteiger charge is -2.28. The predicted octanol–water partition coefficient (Wildman–Crippen LogP) is 15.7. The number of carboxylic acids is 1. The van der Waals surface area contributed by atoms with Crippen LogP contribution in [-0.4, -0.2) is 17.5 Å². The molecule has 10 rings (SSSR count). The van der Waals surface area contributed by atoms with E-state index in [2.05, 4.69) is 130 Å². The monoisotopic (exact) mass is 937 g/mol. The van der Waals surface area contributed by atoms with Crippen LogP contribution >= 0.6 is 56.7 Å². The maximum atomic E-state index is 11.4. The summed E-state index contributed by atoms with van der Waals surface area (Å²) in [5.74, 6) is -1.28. The van der Waals surface area contributed by atoms with E-state index < -0.39 is 5.97 Å². The largest absolute Gasteiger partial charge is 0.477 e. The SMILES string of the molecule is Cc1ccc2c(c1)C(C)(C)c1cc(N(c3ccc(-c4ccc(/C=C(\C#N)OC=O)s4)cc3)c3ccc(-c4sc(-c5cc6sc7cc(/C=C(\C#N)C(=O)O)sc7c6s5)cc4C)cc3)ccc1-2. The fraction of sp³-hybridized carbons (Fsp3) is 0.0943. The van der Waals surface area contributed by atoms with Gasteiger partial charge in [0, 0.05) is 67.2 Å². The molecule has 0 spiro atoms. The third kappa shape index (κ3) is 7.59. The molecule has 0 fully saturated rings. The van der Waals surface area contributed by atoms with E-state index in [4.69, 9.17) is 4.74 Å². The first kappa shape index (κ1) is 42.1. The van der Waals surface area contributed by atoms with Gasteiger partial charge in [-0.15, -0.1) is 56.7 Å². The average Bonchev–Trinajstić information content (AvgIpc) is 4.16. The van der Waals surface area contributed by atoms with Crippen LogP contribution in [0.1, 0.15) is 45.9 Å². The maximum Gasteiger partial charge on any atom is 0.346 e. The summed E-state index contributed by atoms with van der Waals surface area (Å²) in [7, 11) is 0. The lowest BCUT2D eigenvalue weighted by molar-refractivity contribution is -0.132. The van der Waals surface area contributed by atoms with Crippen molar-refractivity contribution >= 4 is 117 Å². The number of thiophene rings is 5. The predicted molar refractivity (Wildman–Crippen MR) is 271 cm³/mol. The molecule has 5 aromatic heterocycles.